The maximum absolute atomic E-state index is 13.4. The predicted molar refractivity (Wildman–Crippen MR) is 118 cm³/mol. The Hall–Kier alpha value is -2.16. The molecule has 2 heterocycles. The second kappa shape index (κ2) is 10.4. The van der Waals surface area contributed by atoms with Crippen molar-refractivity contribution in [2.45, 2.75) is 38.8 Å². The molecule has 3 rings (SSSR count). The lowest BCUT2D eigenvalue weighted by Gasteiger charge is -2.38. The van der Waals surface area contributed by atoms with Crippen LogP contribution in [0.3, 0.4) is 0 Å². The van der Waals surface area contributed by atoms with Gasteiger partial charge in [-0.2, -0.15) is 0 Å². The summed E-state index contributed by atoms with van der Waals surface area (Å²) in [6.07, 6.45) is 1.18. The van der Waals surface area contributed by atoms with E-state index in [0.717, 1.165) is 0 Å². The largest absolute Gasteiger partial charge is 0.486 e. The van der Waals surface area contributed by atoms with Gasteiger partial charge in [-0.3, -0.25) is 9.59 Å². The van der Waals surface area contributed by atoms with E-state index < -0.39 is 0 Å². The number of rotatable bonds is 6. The van der Waals surface area contributed by atoms with E-state index >= 15 is 0 Å². The summed E-state index contributed by atoms with van der Waals surface area (Å²) in [4.78, 5) is 30.0. The molecule has 0 radical (unpaired) electrons. The summed E-state index contributed by atoms with van der Waals surface area (Å²) in [5.74, 6) is 0.0481. The van der Waals surface area contributed by atoms with Crippen LogP contribution in [0.2, 0.25) is 0 Å². The molecule has 2 aliphatic heterocycles. The van der Waals surface area contributed by atoms with Crippen molar-refractivity contribution < 1.29 is 24.2 Å². The third-order valence-electron chi connectivity index (χ3n) is 6.09. The number of aliphatic hydroxyl groups is 1. The lowest BCUT2D eigenvalue weighted by atomic mass is 9.98. The van der Waals surface area contributed by atoms with Crippen molar-refractivity contribution in [2.24, 2.45) is 11.8 Å². The fourth-order valence-electron chi connectivity index (χ4n) is 4.11. The first-order valence-electron chi connectivity index (χ1n) is 11.1. The number of aliphatic hydroxyl groups excluding tert-OH is 1. The van der Waals surface area contributed by atoms with Crippen LogP contribution in [0, 0.1) is 11.8 Å². The number of hydrogen-bond acceptors (Lipinski definition) is 6. The quantitative estimate of drug-likeness (QED) is 0.711. The fraction of sp³-hybridized carbons (Fsp3) is 0.652. The smallest absolute Gasteiger partial charge is 0.258 e. The molecule has 2 aliphatic rings. The van der Waals surface area contributed by atoms with Crippen LogP contribution < -0.4 is 10.1 Å². The summed E-state index contributed by atoms with van der Waals surface area (Å²) in [7, 11) is 3.96. The van der Waals surface area contributed by atoms with E-state index in [4.69, 9.17) is 9.47 Å². The second-order valence-corrected chi connectivity index (χ2v) is 8.94. The molecule has 0 saturated carbocycles. The summed E-state index contributed by atoms with van der Waals surface area (Å²) in [6.45, 7) is 6.08. The monoisotopic (exact) mass is 433 g/mol. The zero-order chi connectivity index (χ0) is 22.5. The summed E-state index contributed by atoms with van der Waals surface area (Å²) < 4.78 is 11.8. The number of ether oxygens (including phenoxy) is 2. The topological polar surface area (TPSA) is 91.3 Å². The number of nitrogens with one attached hydrogen (secondary N) is 1. The first-order chi connectivity index (χ1) is 14.8. The SMILES string of the molecule is C[C@H](CO)N1C[C@H](C)[C@@H](CN(C)C)Oc2c(NC(=O)C3CCOCC3)cccc2C1=O. The summed E-state index contributed by atoms with van der Waals surface area (Å²) in [5, 5.41) is 12.7. The van der Waals surface area contributed by atoms with Gasteiger partial charge in [0.2, 0.25) is 5.91 Å². The minimum atomic E-state index is -0.318. The molecule has 1 saturated heterocycles. The molecule has 1 aromatic rings. The van der Waals surface area contributed by atoms with E-state index in [0.29, 0.717) is 56.1 Å². The van der Waals surface area contributed by atoms with Crippen LogP contribution >= 0.6 is 0 Å². The molecule has 0 bridgehead atoms. The van der Waals surface area contributed by atoms with E-state index in [-0.39, 0.29) is 42.4 Å². The van der Waals surface area contributed by atoms with Crippen LogP contribution in [0.5, 0.6) is 5.75 Å². The van der Waals surface area contributed by atoms with Crippen molar-refractivity contribution in [3.63, 3.8) is 0 Å². The van der Waals surface area contributed by atoms with E-state index in [9.17, 15) is 14.7 Å². The van der Waals surface area contributed by atoms with Crippen LogP contribution in [-0.4, -0.2) is 85.9 Å². The normalized spacial score (nSPS) is 23.5. The maximum Gasteiger partial charge on any atom is 0.258 e. The van der Waals surface area contributed by atoms with Crippen molar-refractivity contribution in [1.29, 1.82) is 0 Å². The average molecular weight is 434 g/mol. The Labute approximate surface area is 184 Å². The number of hydrogen-bond donors (Lipinski definition) is 2. The summed E-state index contributed by atoms with van der Waals surface area (Å²) in [5.41, 5.74) is 0.914. The predicted octanol–water partition coefficient (Wildman–Crippen LogP) is 1.83. The van der Waals surface area contributed by atoms with Crippen molar-refractivity contribution in [3.05, 3.63) is 23.8 Å². The molecule has 1 aromatic carbocycles. The first kappa shape index (κ1) is 23.5. The second-order valence-electron chi connectivity index (χ2n) is 8.94. The Balaban J connectivity index is 1.97. The molecule has 0 aliphatic carbocycles. The van der Waals surface area contributed by atoms with Gasteiger partial charge < -0.3 is 29.7 Å². The summed E-state index contributed by atoms with van der Waals surface area (Å²) >= 11 is 0. The minimum absolute atomic E-state index is 0.0350. The molecule has 3 atom stereocenters. The fourth-order valence-corrected chi connectivity index (χ4v) is 4.11. The van der Waals surface area contributed by atoms with E-state index in [2.05, 4.69) is 5.32 Å². The van der Waals surface area contributed by atoms with Crippen LogP contribution in [-0.2, 0) is 9.53 Å². The van der Waals surface area contributed by atoms with Gasteiger partial charge in [0.15, 0.2) is 5.75 Å². The van der Waals surface area contributed by atoms with Crippen molar-refractivity contribution >= 4 is 17.5 Å². The van der Waals surface area contributed by atoms with Crippen LogP contribution in [0.4, 0.5) is 5.69 Å². The molecular formula is C23H35N3O5. The Morgan fingerprint density at radius 2 is 2.03 bits per heavy atom. The molecule has 0 aromatic heterocycles. The molecule has 31 heavy (non-hydrogen) atoms. The van der Waals surface area contributed by atoms with Crippen molar-refractivity contribution in [2.75, 3.05) is 52.3 Å². The number of carbonyl (C=O) groups excluding carboxylic acids is 2. The molecule has 8 heteroatoms. The highest BCUT2D eigenvalue weighted by Gasteiger charge is 2.34. The zero-order valence-electron chi connectivity index (χ0n) is 19.0. The highest BCUT2D eigenvalue weighted by Crippen LogP contribution is 2.35. The number of amides is 2. The van der Waals surface area contributed by atoms with Crippen molar-refractivity contribution in [1.82, 2.24) is 9.80 Å². The lowest BCUT2D eigenvalue weighted by molar-refractivity contribution is -0.122. The van der Waals surface area contributed by atoms with Crippen LogP contribution in [0.25, 0.3) is 0 Å². The standard InChI is InChI=1S/C23H35N3O5/c1-15-12-26(16(2)14-27)23(29)18-6-5-7-19(21(18)31-20(15)13-25(3)4)24-22(28)17-8-10-30-11-9-17/h5-7,15-17,20,27H,8-14H2,1-4H3,(H,24,28)/t15-,16+,20+/m0/s1. The number of carbonyl (C=O) groups is 2. The lowest BCUT2D eigenvalue weighted by Crippen LogP contribution is -2.49. The van der Waals surface area contributed by atoms with Gasteiger partial charge in [0.1, 0.15) is 6.10 Å². The molecular weight excluding hydrogens is 398 g/mol. The third kappa shape index (κ3) is 5.56. The zero-order valence-corrected chi connectivity index (χ0v) is 19.0. The number of fused-ring (bicyclic) bond motifs is 1. The number of anilines is 1. The Bertz CT molecular complexity index is 778. The van der Waals surface area contributed by atoms with E-state index in [1.165, 1.54) is 0 Å². The number of nitrogens with zero attached hydrogens (tertiary/aromatic N) is 2. The molecule has 172 valence electrons. The number of benzene rings is 1. The highest BCUT2D eigenvalue weighted by atomic mass is 16.5. The Kier molecular flexibility index (Phi) is 7.91. The molecule has 8 nitrogen and oxygen atoms in total. The first-order valence-corrected chi connectivity index (χ1v) is 11.1. The minimum Gasteiger partial charge on any atom is -0.486 e. The van der Waals surface area contributed by atoms with Crippen LogP contribution in [0.15, 0.2) is 18.2 Å². The van der Waals surface area contributed by atoms with Gasteiger partial charge in [-0.05, 0) is 46.0 Å². The molecule has 2 amide bonds. The van der Waals surface area contributed by atoms with Gasteiger partial charge in [0, 0.05) is 38.1 Å². The van der Waals surface area contributed by atoms with E-state index in [1.807, 2.05) is 32.8 Å². The molecule has 0 spiro atoms. The van der Waals surface area contributed by atoms with Gasteiger partial charge in [-0.15, -0.1) is 0 Å². The van der Waals surface area contributed by atoms with Gasteiger partial charge in [0.05, 0.1) is 23.9 Å². The average Bonchev–Trinajstić information content (AvgIpc) is 2.76. The Morgan fingerprint density at radius 3 is 2.68 bits per heavy atom. The Morgan fingerprint density at radius 1 is 1.32 bits per heavy atom. The molecule has 1 fully saturated rings. The van der Waals surface area contributed by atoms with E-state index in [1.54, 1.807) is 23.1 Å². The highest BCUT2D eigenvalue weighted by molar-refractivity contribution is 6.02. The van der Waals surface area contributed by atoms with Gasteiger partial charge in [-0.1, -0.05) is 13.0 Å². The van der Waals surface area contributed by atoms with Gasteiger partial charge in [0.25, 0.3) is 5.91 Å². The molecule has 2 N–H and O–H groups in total. The number of para-hydroxylation sites is 1. The number of likely N-dealkylation sites (N-methyl/N-ethyl adjacent to an activating group) is 1. The van der Waals surface area contributed by atoms with Crippen LogP contribution in [0.1, 0.15) is 37.0 Å². The molecule has 0 unspecified atom stereocenters. The third-order valence-corrected chi connectivity index (χ3v) is 6.09. The summed E-state index contributed by atoms with van der Waals surface area (Å²) in [6, 6.07) is 4.94. The maximum atomic E-state index is 13.4. The van der Waals surface area contributed by atoms with Gasteiger partial charge in [-0.25, -0.2) is 0 Å². The van der Waals surface area contributed by atoms with Gasteiger partial charge >= 0.3 is 0 Å². The van der Waals surface area contributed by atoms with Crippen molar-refractivity contribution in [3.8, 4) is 5.75 Å².